The summed E-state index contributed by atoms with van der Waals surface area (Å²) in [5, 5.41) is 18.6. The number of nitrogens with zero attached hydrogens (tertiary/aromatic N) is 4. The number of H-pyrrole nitrogens is 2. The standard InChI is InChI=1S/C44H47N9O7/c1-24-36(25(2)54)37(26-8-10-27(11-9-26)44(3,4)60)39(47-24)40-48-30-13-12-28(22-32(30)49-40)52-20-18-51(19-21-52)17-16-45-35(56)23-46-31-7-5-6-29-38(31)43(59)53(42(29)58)33-14-15-34(55)50-41(33)57/h5-13,22,33,46-47,60H,14-21,23H2,1-4H3,(H,45,56)(H,48,49)(H,50,55,57). The third-order valence-electron chi connectivity index (χ3n) is 11.5. The second-order valence-electron chi connectivity index (χ2n) is 16.1. The number of aromatic nitrogens is 3. The van der Waals surface area contributed by atoms with Crippen LogP contribution in [0, 0.1) is 6.92 Å². The number of hydrogen-bond donors (Lipinski definition) is 6. The van der Waals surface area contributed by atoms with Crippen molar-refractivity contribution in [2.45, 2.75) is 52.2 Å². The lowest BCUT2D eigenvalue weighted by atomic mass is 9.93. The fourth-order valence-electron chi connectivity index (χ4n) is 8.37. The molecule has 0 spiro atoms. The van der Waals surface area contributed by atoms with Gasteiger partial charge in [-0.2, -0.15) is 0 Å². The number of aromatic amines is 2. The van der Waals surface area contributed by atoms with Crippen molar-refractivity contribution in [2.75, 3.05) is 56.0 Å². The topological polar surface area (TPSA) is 213 Å². The molecule has 2 saturated heterocycles. The van der Waals surface area contributed by atoms with Gasteiger partial charge < -0.3 is 30.6 Å². The number of rotatable bonds is 12. The van der Waals surface area contributed by atoms with Crippen LogP contribution in [0.25, 0.3) is 33.7 Å². The van der Waals surface area contributed by atoms with Crippen molar-refractivity contribution in [3.8, 4) is 22.6 Å². The molecule has 60 heavy (non-hydrogen) atoms. The maximum absolute atomic E-state index is 13.4. The van der Waals surface area contributed by atoms with Crippen LogP contribution < -0.4 is 20.9 Å². The van der Waals surface area contributed by atoms with Crippen molar-refractivity contribution in [3.05, 3.63) is 88.6 Å². The first kappa shape index (κ1) is 40.1. The molecule has 0 saturated carbocycles. The van der Waals surface area contributed by atoms with Crippen LogP contribution in [0.2, 0.25) is 0 Å². The predicted octanol–water partition coefficient (Wildman–Crippen LogP) is 3.71. The van der Waals surface area contributed by atoms with E-state index in [9.17, 15) is 33.9 Å². The Labute approximate surface area is 345 Å². The number of amides is 5. The number of nitrogens with one attached hydrogen (secondary N) is 5. The number of imidazole rings is 1. The number of Topliss-reactive ketones (excluding diaryl/α,β-unsaturated/α-hetero) is 1. The molecule has 2 aromatic heterocycles. The van der Waals surface area contributed by atoms with Crippen LogP contribution in [0.4, 0.5) is 11.4 Å². The van der Waals surface area contributed by atoms with Gasteiger partial charge in [0.05, 0.1) is 40.0 Å². The summed E-state index contributed by atoms with van der Waals surface area (Å²) in [5.74, 6) is -2.09. The van der Waals surface area contributed by atoms with Gasteiger partial charge in [0.2, 0.25) is 17.7 Å². The monoisotopic (exact) mass is 813 g/mol. The Bertz CT molecular complexity index is 2560. The maximum atomic E-state index is 13.4. The van der Waals surface area contributed by atoms with Gasteiger partial charge >= 0.3 is 0 Å². The molecule has 0 bridgehead atoms. The molecule has 5 heterocycles. The van der Waals surface area contributed by atoms with E-state index in [0.717, 1.165) is 75.9 Å². The number of carbonyl (C=O) groups is 6. The largest absolute Gasteiger partial charge is 0.386 e. The summed E-state index contributed by atoms with van der Waals surface area (Å²) >= 11 is 0. The Morgan fingerprint density at radius 3 is 2.38 bits per heavy atom. The van der Waals surface area contributed by atoms with Crippen molar-refractivity contribution in [1.29, 1.82) is 0 Å². The Hall–Kier alpha value is -6.65. The molecule has 0 radical (unpaired) electrons. The highest BCUT2D eigenvalue weighted by molar-refractivity contribution is 6.25. The number of imide groups is 2. The predicted molar refractivity (Wildman–Crippen MR) is 225 cm³/mol. The molecule has 310 valence electrons. The van der Waals surface area contributed by atoms with Gasteiger partial charge in [0.15, 0.2) is 11.6 Å². The second-order valence-corrected chi connectivity index (χ2v) is 16.1. The van der Waals surface area contributed by atoms with E-state index in [4.69, 9.17) is 4.98 Å². The lowest BCUT2D eigenvalue weighted by molar-refractivity contribution is -0.136. The number of aliphatic hydroxyl groups is 1. The van der Waals surface area contributed by atoms with Crippen molar-refractivity contribution in [1.82, 2.24) is 35.4 Å². The molecule has 6 N–H and O–H groups in total. The molecule has 16 heteroatoms. The summed E-state index contributed by atoms with van der Waals surface area (Å²) in [5.41, 5.74) is 6.73. The smallest absolute Gasteiger partial charge is 0.264 e. The summed E-state index contributed by atoms with van der Waals surface area (Å²) in [4.78, 5) is 93.5. The van der Waals surface area contributed by atoms with Crippen LogP contribution >= 0.6 is 0 Å². The zero-order valence-corrected chi connectivity index (χ0v) is 33.9. The number of hydrogen-bond acceptors (Lipinski definition) is 11. The molecule has 1 unspecified atom stereocenters. The van der Waals surface area contributed by atoms with Gasteiger partial charge in [0, 0.05) is 73.9 Å². The van der Waals surface area contributed by atoms with E-state index in [1.165, 1.54) is 6.07 Å². The van der Waals surface area contributed by atoms with E-state index < -0.39 is 35.3 Å². The number of carbonyl (C=O) groups excluding carboxylic acids is 6. The highest BCUT2D eigenvalue weighted by atomic mass is 16.3. The molecule has 16 nitrogen and oxygen atoms in total. The fourth-order valence-corrected chi connectivity index (χ4v) is 8.37. The van der Waals surface area contributed by atoms with E-state index in [-0.39, 0.29) is 42.2 Å². The zero-order chi connectivity index (χ0) is 42.5. The summed E-state index contributed by atoms with van der Waals surface area (Å²) in [6, 6.07) is 17.4. The van der Waals surface area contributed by atoms with Crippen LogP contribution in [-0.2, 0) is 20.0 Å². The lowest BCUT2D eigenvalue weighted by Crippen LogP contribution is -2.54. The highest BCUT2D eigenvalue weighted by Crippen LogP contribution is 2.38. The number of benzene rings is 3. The third kappa shape index (κ3) is 7.66. The Balaban J connectivity index is 0.852. The average molecular weight is 814 g/mol. The SMILES string of the molecule is CC(=O)c1c(C)[nH]c(-c2nc3ccc(N4CCN(CCNC(=O)CNc5cccc6c5C(=O)N(C5CCC(=O)NC5=O)C6=O)CC4)cc3[nH]2)c1-c1ccc(C(C)(C)O)cc1. The van der Waals surface area contributed by atoms with Gasteiger partial charge in [-0.1, -0.05) is 30.3 Å². The highest BCUT2D eigenvalue weighted by Gasteiger charge is 2.45. The molecule has 3 aliphatic heterocycles. The molecule has 5 aromatic rings. The normalized spacial score (nSPS) is 17.3. The molecular formula is C44H47N9O7. The first-order valence-electron chi connectivity index (χ1n) is 20.1. The minimum absolute atomic E-state index is 0.0280. The van der Waals surface area contributed by atoms with Crippen LogP contribution in [0.3, 0.4) is 0 Å². The average Bonchev–Trinajstić information content (AvgIpc) is 3.88. The minimum Gasteiger partial charge on any atom is -0.386 e. The summed E-state index contributed by atoms with van der Waals surface area (Å²) in [6.07, 6.45) is 0.0865. The fraction of sp³-hybridized carbons (Fsp3) is 0.341. The van der Waals surface area contributed by atoms with Gasteiger partial charge in [-0.05, 0) is 75.6 Å². The molecule has 1 atom stereocenters. The first-order valence-corrected chi connectivity index (χ1v) is 20.1. The van der Waals surface area contributed by atoms with Crippen molar-refractivity contribution >= 4 is 57.7 Å². The van der Waals surface area contributed by atoms with E-state index >= 15 is 0 Å². The van der Waals surface area contributed by atoms with Crippen LogP contribution in [0.5, 0.6) is 0 Å². The van der Waals surface area contributed by atoms with Crippen molar-refractivity contribution in [2.24, 2.45) is 0 Å². The second kappa shape index (κ2) is 15.8. The molecule has 8 rings (SSSR count). The molecule has 0 aliphatic carbocycles. The van der Waals surface area contributed by atoms with E-state index in [0.29, 0.717) is 30.2 Å². The Kier molecular flexibility index (Phi) is 10.6. The molecule has 5 amide bonds. The molecule has 3 aromatic carbocycles. The van der Waals surface area contributed by atoms with Gasteiger partial charge in [-0.15, -0.1) is 0 Å². The van der Waals surface area contributed by atoms with E-state index in [2.05, 4.69) is 47.9 Å². The third-order valence-corrected chi connectivity index (χ3v) is 11.5. The van der Waals surface area contributed by atoms with Crippen molar-refractivity contribution < 1.29 is 33.9 Å². The summed E-state index contributed by atoms with van der Waals surface area (Å²) < 4.78 is 0. The number of piperidine rings is 1. The van der Waals surface area contributed by atoms with Crippen LogP contribution in [0.15, 0.2) is 60.7 Å². The number of fused-ring (bicyclic) bond motifs is 2. The van der Waals surface area contributed by atoms with E-state index in [1.807, 2.05) is 37.3 Å². The Morgan fingerprint density at radius 2 is 1.68 bits per heavy atom. The van der Waals surface area contributed by atoms with Gasteiger partial charge in [-0.25, -0.2) is 4.98 Å². The molecular weight excluding hydrogens is 767 g/mol. The van der Waals surface area contributed by atoms with E-state index in [1.54, 1.807) is 32.9 Å². The summed E-state index contributed by atoms with van der Waals surface area (Å²) in [7, 11) is 0. The first-order chi connectivity index (χ1) is 28.7. The maximum Gasteiger partial charge on any atom is 0.264 e. The molecule has 2 fully saturated rings. The van der Waals surface area contributed by atoms with Crippen molar-refractivity contribution in [3.63, 3.8) is 0 Å². The van der Waals surface area contributed by atoms with Crippen LogP contribution in [-0.4, -0.2) is 117 Å². The zero-order valence-electron chi connectivity index (χ0n) is 33.9. The molecule has 3 aliphatic rings. The summed E-state index contributed by atoms with van der Waals surface area (Å²) in [6.45, 7) is 11.0. The Morgan fingerprint density at radius 1 is 0.933 bits per heavy atom. The number of anilines is 2. The number of ketones is 1. The minimum atomic E-state index is -1.07. The quantitative estimate of drug-likeness (QED) is 0.0790. The van der Waals surface area contributed by atoms with Crippen LogP contribution in [0.1, 0.15) is 75.9 Å². The number of aryl methyl sites for hydroxylation is 1. The van der Waals surface area contributed by atoms with Gasteiger partial charge in [0.25, 0.3) is 11.8 Å². The lowest BCUT2D eigenvalue weighted by Gasteiger charge is -2.36. The van der Waals surface area contributed by atoms with Gasteiger partial charge in [0.1, 0.15) is 6.04 Å². The van der Waals surface area contributed by atoms with Gasteiger partial charge in [-0.3, -0.25) is 43.9 Å². The number of piperazine rings is 1.